The summed E-state index contributed by atoms with van der Waals surface area (Å²) in [5, 5.41) is 14.9. The first kappa shape index (κ1) is 12.3. The van der Waals surface area contributed by atoms with E-state index >= 15 is 0 Å². The van der Waals surface area contributed by atoms with E-state index in [-0.39, 0.29) is 12.1 Å². The van der Waals surface area contributed by atoms with Crippen molar-refractivity contribution >= 4 is 27.4 Å². The molecule has 3 nitrogen and oxygen atoms in total. The summed E-state index contributed by atoms with van der Waals surface area (Å²) in [7, 11) is 0. The van der Waals surface area contributed by atoms with Gasteiger partial charge < -0.3 is 10.4 Å². The number of anilines is 1. The minimum Gasteiger partial charge on any atom is -0.396 e. The number of aliphatic hydroxyl groups excluding tert-OH is 1. The van der Waals surface area contributed by atoms with Gasteiger partial charge in [-0.15, -0.1) is 0 Å². The molecule has 2 rings (SSSR count). The van der Waals surface area contributed by atoms with Gasteiger partial charge in [0.2, 0.25) is 0 Å². The largest absolute Gasteiger partial charge is 0.396 e. The van der Waals surface area contributed by atoms with Crippen LogP contribution in [0.3, 0.4) is 0 Å². The second-order valence-corrected chi connectivity index (χ2v) is 5.32. The topological polar surface area (TPSA) is 45.1 Å². The van der Waals surface area contributed by atoms with Crippen LogP contribution in [0.4, 0.5) is 5.00 Å². The molecule has 17 heavy (non-hydrogen) atoms. The summed E-state index contributed by atoms with van der Waals surface area (Å²) in [5.41, 5.74) is 0.965. The van der Waals surface area contributed by atoms with Crippen molar-refractivity contribution in [3.8, 4) is 0 Å². The van der Waals surface area contributed by atoms with Crippen LogP contribution >= 0.6 is 11.5 Å². The Bertz CT molecular complexity index is 497. The molecule has 4 heteroatoms. The van der Waals surface area contributed by atoms with Crippen LogP contribution in [0.2, 0.25) is 0 Å². The van der Waals surface area contributed by atoms with E-state index < -0.39 is 0 Å². The zero-order chi connectivity index (χ0) is 12.3. The minimum atomic E-state index is -0.0654. The lowest BCUT2D eigenvalue weighted by molar-refractivity contribution is 0.252. The lowest BCUT2D eigenvalue weighted by Gasteiger charge is -2.29. The number of benzene rings is 1. The van der Waals surface area contributed by atoms with Crippen LogP contribution in [-0.2, 0) is 0 Å². The van der Waals surface area contributed by atoms with Gasteiger partial charge in [0.05, 0.1) is 5.52 Å². The highest BCUT2D eigenvalue weighted by molar-refractivity contribution is 7.11. The highest BCUT2D eigenvalue weighted by Crippen LogP contribution is 2.31. The molecule has 1 heterocycles. The van der Waals surface area contributed by atoms with Crippen molar-refractivity contribution in [3.63, 3.8) is 0 Å². The van der Waals surface area contributed by atoms with Crippen molar-refractivity contribution in [1.29, 1.82) is 0 Å². The summed E-state index contributed by atoms with van der Waals surface area (Å²) in [6, 6.07) is 8.12. The predicted octanol–water partition coefficient (Wildman–Crippen LogP) is 3.26. The zero-order valence-corrected chi connectivity index (χ0v) is 11.0. The molecule has 0 aliphatic rings. The van der Waals surface area contributed by atoms with Gasteiger partial charge in [-0.1, -0.05) is 19.1 Å². The number of nitrogens with one attached hydrogen (secondary N) is 1. The monoisotopic (exact) mass is 250 g/mol. The summed E-state index contributed by atoms with van der Waals surface area (Å²) in [6.45, 7) is 4.47. The number of nitrogens with zero attached hydrogens (tertiary/aromatic N) is 1. The van der Waals surface area contributed by atoms with Crippen molar-refractivity contribution in [3.05, 3.63) is 24.3 Å². The van der Waals surface area contributed by atoms with Gasteiger partial charge in [-0.3, -0.25) is 0 Å². The van der Waals surface area contributed by atoms with Gasteiger partial charge in [-0.05, 0) is 43.4 Å². The van der Waals surface area contributed by atoms with Gasteiger partial charge in [0.1, 0.15) is 5.00 Å². The zero-order valence-electron chi connectivity index (χ0n) is 10.2. The summed E-state index contributed by atoms with van der Waals surface area (Å²) in [5.74, 6) is 0. The Morgan fingerprint density at radius 3 is 2.88 bits per heavy atom. The number of aromatic nitrogens is 1. The fourth-order valence-electron chi connectivity index (χ4n) is 1.83. The van der Waals surface area contributed by atoms with E-state index in [0.717, 1.165) is 28.7 Å². The summed E-state index contributed by atoms with van der Waals surface area (Å²) in [4.78, 5) is 0. The molecule has 1 aromatic heterocycles. The molecular formula is C13H18N2OS. The Kier molecular flexibility index (Phi) is 3.64. The standard InChI is InChI=1S/C13H18N2OS/c1-3-13(2,8-9-16)14-12-10-6-4-5-7-11(10)15-17-12/h4-7,14,16H,3,8-9H2,1-2H3. The quantitative estimate of drug-likeness (QED) is 0.856. The third-order valence-electron chi connectivity index (χ3n) is 3.24. The van der Waals surface area contributed by atoms with Crippen LogP contribution in [0.5, 0.6) is 0 Å². The lowest BCUT2D eigenvalue weighted by atomic mass is 9.95. The van der Waals surface area contributed by atoms with E-state index in [1.807, 2.05) is 18.2 Å². The Morgan fingerprint density at radius 2 is 2.18 bits per heavy atom. The number of hydrogen-bond acceptors (Lipinski definition) is 4. The second kappa shape index (κ2) is 5.02. The SMILES string of the molecule is CCC(C)(CCO)Nc1snc2ccccc12. The average Bonchev–Trinajstić information content (AvgIpc) is 2.73. The molecule has 0 aliphatic carbocycles. The molecule has 1 aromatic carbocycles. The van der Waals surface area contributed by atoms with E-state index in [4.69, 9.17) is 5.11 Å². The molecule has 2 N–H and O–H groups in total. The smallest absolute Gasteiger partial charge is 0.117 e. The molecule has 1 unspecified atom stereocenters. The van der Waals surface area contributed by atoms with Crippen LogP contribution < -0.4 is 5.32 Å². The molecule has 0 amide bonds. The maximum absolute atomic E-state index is 9.12. The van der Waals surface area contributed by atoms with Crippen molar-refractivity contribution in [2.75, 3.05) is 11.9 Å². The Morgan fingerprint density at radius 1 is 1.41 bits per heavy atom. The van der Waals surface area contributed by atoms with E-state index in [1.54, 1.807) is 0 Å². The van der Waals surface area contributed by atoms with Gasteiger partial charge in [0, 0.05) is 17.5 Å². The fourth-order valence-corrected chi connectivity index (χ4v) is 2.74. The van der Waals surface area contributed by atoms with E-state index in [9.17, 15) is 0 Å². The summed E-state index contributed by atoms with van der Waals surface area (Å²) < 4.78 is 4.41. The first-order valence-corrected chi connectivity index (χ1v) is 6.69. The predicted molar refractivity (Wildman–Crippen MR) is 73.6 cm³/mol. The van der Waals surface area contributed by atoms with E-state index in [2.05, 4.69) is 29.6 Å². The first-order valence-electron chi connectivity index (χ1n) is 5.92. The van der Waals surface area contributed by atoms with Crippen molar-refractivity contribution in [1.82, 2.24) is 4.37 Å². The molecule has 0 fully saturated rings. The normalized spacial score (nSPS) is 14.8. The Hall–Kier alpha value is -1.13. The van der Waals surface area contributed by atoms with Crippen molar-refractivity contribution < 1.29 is 5.11 Å². The molecule has 0 spiro atoms. The average molecular weight is 250 g/mol. The number of aliphatic hydroxyl groups is 1. The van der Waals surface area contributed by atoms with Gasteiger partial charge in [-0.25, -0.2) is 0 Å². The first-order chi connectivity index (χ1) is 8.18. The molecule has 2 aromatic rings. The number of rotatable bonds is 5. The molecular weight excluding hydrogens is 232 g/mol. The maximum Gasteiger partial charge on any atom is 0.117 e. The highest BCUT2D eigenvalue weighted by Gasteiger charge is 2.22. The third-order valence-corrected chi connectivity index (χ3v) is 4.04. The van der Waals surface area contributed by atoms with Crippen LogP contribution in [-0.4, -0.2) is 21.6 Å². The van der Waals surface area contributed by atoms with Crippen LogP contribution in [0.1, 0.15) is 26.7 Å². The Labute approximate surface area is 106 Å². The molecule has 92 valence electrons. The minimum absolute atomic E-state index is 0.0654. The van der Waals surface area contributed by atoms with Crippen LogP contribution in [0.25, 0.3) is 10.9 Å². The van der Waals surface area contributed by atoms with Gasteiger partial charge in [-0.2, -0.15) is 4.37 Å². The van der Waals surface area contributed by atoms with Crippen molar-refractivity contribution in [2.45, 2.75) is 32.2 Å². The Balaban J connectivity index is 2.28. The molecule has 0 radical (unpaired) electrons. The lowest BCUT2D eigenvalue weighted by Crippen LogP contribution is -2.34. The molecule has 0 aliphatic heterocycles. The van der Waals surface area contributed by atoms with E-state index in [1.165, 1.54) is 11.5 Å². The molecule has 0 bridgehead atoms. The van der Waals surface area contributed by atoms with Gasteiger partial charge in [0.25, 0.3) is 0 Å². The highest BCUT2D eigenvalue weighted by atomic mass is 32.1. The number of hydrogen-bond donors (Lipinski definition) is 2. The van der Waals surface area contributed by atoms with Gasteiger partial charge >= 0.3 is 0 Å². The van der Waals surface area contributed by atoms with Gasteiger partial charge in [0.15, 0.2) is 0 Å². The molecule has 1 atom stereocenters. The second-order valence-electron chi connectivity index (χ2n) is 4.54. The summed E-state index contributed by atoms with van der Waals surface area (Å²) in [6.07, 6.45) is 1.72. The van der Waals surface area contributed by atoms with Crippen LogP contribution in [0.15, 0.2) is 24.3 Å². The molecule has 0 saturated carbocycles. The van der Waals surface area contributed by atoms with E-state index in [0.29, 0.717) is 0 Å². The third kappa shape index (κ3) is 2.58. The van der Waals surface area contributed by atoms with Crippen molar-refractivity contribution in [2.24, 2.45) is 0 Å². The maximum atomic E-state index is 9.12. The summed E-state index contributed by atoms with van der Waals surface area (Å²) >= 11 is 1.49. The fraction of sp³-hybridized carbons (Fsp3) is 0.462. The number of fused-ring (bicyclic) bond motifs is 1. The molecule has 0 saturated heterocycles. The van der Waals surface area contributed by atoms with Crippen LogP contribution in [0, 0.1) is 0 Å².